The smallest absolute Gasteiger partial charge is 0.328 e. The molecule has 1 aromatic rings. The second-order valence-electron chi connectivity index (χ2n) is 9.44. The van der Waals surface area contributed by atoms with Gasteiger partial charge in [0.2, 0.25) is 11.8 Å². The molecule has 4 atom stereocenters. The Bertz CT molecular complexity index is 879. The van der Waals surface area contributed by atoms with Gasteiger partial charge in [-0.1, -0.05) is 73.9 Å². The minimum absolute atomic E-state index is 0. The van der Waals surface area contributed by atoms with Crippen molar-refractivity contribution in [2.45, 2.75) is 108 Å². The van der Waals surface area contributed by atoms with Crippen molar-refractivity contribution in [3.63, 3.8) is 0 Å². The van der Waals surface area contributed by atoms with Crippen LogP contribution in [0.3, 0.4) is 0 Å². The maximum Gasteiger partial charge on any atom is 0.328 e. The van der Waals surface area contributed by atoms with Crippen LogP contribution in [0.1, 0.15) is 95.1 Å². The lowest BCUT2D eigenvalue weighted by molar-refractivity contribution is -0.156. The van der Waals surface area contributed by atoms with Gasteiger partial charge in [-0.05, 0) is 58.1 Å². The summed E-state index contributed by atoms with van der Waals surface area (Å²) >= 11 is 0. The number of carbonyl (C=O) groups excluding carboxylic acids is 4. The zero-order chi connectivity index (χ0) is 27.4. The van der Waals surface area contributed by atoms with Gasteiger partial charge >= 0.3 is 11.9 Å². The number of unbranched alkanes of at least 4 members (excludes halogenated alkanes) is 1. The number of hydrogen-bond donors (Lipinski definition) is 3. The first-order valence-corrected chi connectivity index (χ1v) is 12.6. The van der Waals surface area contributed by atoms with Gasteiger partial charge in [-0.2, -0.15) is 0 Å². The molecule has 4 N–H and O–H groups in total. The highest BCUT2D eigenvalue weighted by Gasteiger charge is 2.53. The first-order chi connectivity index (χ1) is 17.0. The van der Waals surface area contributed by atoms with Crippen LogP contribution in [0.25, 0.3) is 0 Å². The second-order valence-corrected chi connectivity index (χ2v) is 9.44. The molecule has 0 fully saturated rings. The molecule has 9 heteroatoms. The molecule has 1 aromatic carbocycles. The van der Waals surface area contributed by atoms with Crippen molar-refractivity contribution in [2.24, 2.45) is 16.6 Å². The Morgan fingerprint density at radius 3 is 1.60 bits per heavy atom. The van der Waals surface area contributed by atoms with Crippen molar-refractivity contribution >= 4 is 23.8 Å². The molecular formula is C31H59N3O6. The number of benzene rings is 1. The monoisotopic (exact) mass is 569 g/mol. The topological polar surface area (TPSA) is 137 Å². The fourth-order valence-electron chi connectivity index (χ4n) is 4.31. The summed E-state index contributed by atoms with van der Waals surface area (Å²) in [6.07, 6.45) is 2.64. The number of amides is 2. The average molecular weight is 570 g/mol. The first-order valence-electron chi connectivity index (χ1n) is 12.6. The van der Waals surface area contributed by atoms with E-state index < -0.39 is 46.7 Å². The Morgan fingerprint density at radius 2 is 1.20 bits per heavy atom. The van der Waals surface area contributed by atoms with Crippen molar-refractivity contribution in [1.82, 2.24) is 10.6 Å². The van der Waals surface area contributed by atoms with E-state index in [2.05, 4.69) is 10.6 Å². The Kier molecular flexibility index (Phi) is 23.0. The molecule has 0 aliphatic heterocycles. The van der Waals surface area contributed by atoms with Gasteiger partial charge in [0, 0.05) is 6.42 Å². The number of methoxy groups -OCH3 is 2. The van der Waals surface area contributed by atoms with E-state index in [9.17, 15) is 19.2 Å². The van der Waals surface area contributed by atoms with Gasteiger partial charge in [0.1, 0.15) is 12.1 Å². The fourth-order valence-corrected chi connectivity index (χ4v) is 4.31. The van der Waals surface area contributed by atoms with Crippen LogP contribution >= 0.6 is 0 Å². The normalized spacial score (nSPS) is 14.4. The molecule has 0 aromatic heterocycles. The van der Waals surface area contributed by atoms with Crippen molar-refractivity contribution in [3.05, 3.63) is 35.9 Å². The van der Waals surface area contributed by atoms with E-state index in [4.69, 9.17) is 15.2 Å². The molecular weight excluding hydrogens is 510 g/mol. The van der Waals surface area contributed by atoms with Gasteiger partial charge in [-0.25, -0.2) is 9.59 Å². The number of rotatable bonds is 15. The Hall–Kier alpha value is -2.94. The fraction of sp³-hybridized carbons (Fsp3) is 0.677. The molecule has 0 bridgehead atoms. The van der Waals surface area contributed by atoms with E-state index in [-0.39, 0.29) is 36.1 Å². The molecule has 1 rings (SSSR count). The third-order valence-electron chi connectivity index (χ3n) is 7.45. The lowest BCUT2D eigenvalue weighted by Crippen LogP contribution is -2.60. The highest BCUT2D eigenvalue weighted by Crippen LogP contribution is 2.45. The van der Waals surface area contributed by atoms with E-state index in [0.717, 1.165) is 5.56 Å². The van der Waals surface area contributed by atoms with Crippen LogP contribution in [0, 0.1) is 10.8 Å². The Morgan fingerprint density at radius 1 is 0.775 bits per heavy atom. The largest absolute Gasteiger partial charge is 0.467 e. The van der Waals surface area contributed by atoms with Crippen LogP contribution in [-0.2, 0) is 35.1 Å². The van der Waals surface area contributed by atoms with E-state index in [1.165, 1.54) is 14.2 Å². The second kappa shape index (κ2) is 20.9. The van der Waals surface area contributed by atoms with Gasteiger partial charge in [0.05, 0.1) is 25.0 Å². The van der Waals surface area contributed by atoms with E-state index in [0.29, 0.717) is 38.6 Å². The van der Waals surface area contributed by atoms with Crippen LogP contribution < -0.4 is 16.4 Å². The molecule has 40 heavy (non-hydrogen) atoms. The summed E-state index contributed by atoms with van der Waals surface area (Å²) in [5.74, 6) is -1.98. The van der Waals surface area contributed by atoms with E-state index >= 15 is 0 Å². The first kappa shape index (κ1) is 44.1. The maximum absolute atomic E-state index is 13.7. The molecule has 9 nitrogen and oxygen atoms in total. The highest BCUT2D eigenvalue weighted by molar-refractivity contribution is 5.96. The van der Waals surface area contributed by atoms with Crippen molar-refractivity contribution in [3.8, 4) is 0 Å². The Labute approximate surface area is 244 Å². The lowest BCUT2D eigenvalue weighted by Gasteiger charge is -2.44. The number of nitrogens with one attached hydrogen (secondary N) is 2. The minimum Gasteiger partial charge on any atom is -0.467 e. The number of esters is 2. The molecule has 0 aliphatic rings. The predicted molar refractivity (Wildman–Crippen MR) is 165 cm³/mol. The van der Waals surface area contributed by atoms with Gasteiger partial charge in [-0.3, -0.25) is 9.59 Å². The molecule has 2 amide bonds. The molecule has 0 aliphatic carbocycles. The number of carbonyl (C=O) groups is 4. The highest BCUT2D eigenvalue weighted by atomic mass is 16.5. The predicted octanol–water partition coefficient (Wildman–Crippen LogP) is 5.05. The van der Waals surface area contributed by atoms with Gasteiger partial charge < -0.3 is 25.8 Å². The summed E-state index contributed by atoms with van der Waals surface area (Å²) in [7, 11) is 2.54. The zero-order valence-corrected chi connectivity index (χ0v) is 22.5. The zero-order valence-electron chi connectivity index (χ0n) is 22.5. The summed E-state index contributed by atoms with van der Waals surface area (Å²) < 4.78 is 9.82. The van der Waals surface area contributed by atoms with Crippen LogP contribution in [-0.4, -0.2) is 56.6 Å². The van der Waals surface area contributed by atoms with Crippen LogP contribution in [0.15, 0.2) is 30.3 Å². The molecule has 4 unspecified atom stereocenters. The van der Waals surface area contributed by atoms with Gasteiger partial charge in [0.25, 0.3) is 0 Å². The summed E-state index contributed by atoms with van der Waals surface area (Å²) in [5, 5.41) is 5.65. The van der Waals surface area contributed by atoms with Crippen molar-refractivity contribution in [1.29, 1.82) is 0 Å². The molecule has 0 saturated heterocycles. The molecule has 0 saturated carbocycles. The number of nitrogens with two attached hydrogens (primary N) is 1. The standard InChI is InChI=1S/C27H43N3O6.4CH4/c1-7-26(3,24(33)29-20(22(31)35-5)16-12-13-17-28)27(4,8-2)25(34)30-21(23(32)36-6)18-19-14-10-9-11-15-19;;;;/h9-11,14-15,20-21H,7-8,12-13,16-18,28H2,1-6H3,(H,29,33)(H,30,34);4*1H4. The molecule has 0 radical (unpaired) electrons. The van der Waals surface area contributed by atoms with Crippen molar-refractivity contribution < 1.29 is 28.7 Å². The Balaban J connectivity index is -0.00000162. The summed E-state index contributed by atoms with van der Waals surface area (Å²) in [6, 6.07) is 7.54. The van der Waals surface area contributed by atoms with Crippen LogP contribution in [0.4, 0.5) is 0 Å². The third-order valence-corrected chi connectivity index (χ3v) is 7.45. The van der Waals surface area contributed by atoms with E-state index in [1.54, 1.807) is 13.8 Å². The van der Waals surface area contributed by atoms with Gasteiger partial charge in [0.15, 0.2) is 0 Å². The van der Waals surface area contributed by atoms with Crippen LogP contribution in [0.5, 0.6) is 0 Å². The average Bonchev–Trinajstić information content (AvgIpc) is 2.90. The number of ether oxygens (including phenoxy) is 2. The minimum atomic E-state index is -1.19. The molecule has 0 heterocycles. The van der Waals surface area contributed by atoms with Gasteiger partial charge in [-0.15, -0.1) is 0 Å². The van der Waals surface area contributed by atoms with Crippen molar-refractivity contribution in [2.75, 3.05) is 20.8 Å². The summed E-state index contributed by atoms with van der Waals surface area (Å²) in [4.78, 5) is 52.2. The van der Waals surface area contributed by atoms with Crippen LogP contribution in [0.2, 0.25) is 0 Å². The molecule has 234 valence electrons. The SMILES string of the molecule is C.C.C.C.CCC(C)(C(=O)NC(CCCCN)C(=O)OC)C(C)(CC)C(=O)NC(Cc1ccccc1)C(=O)OC. The van der Waals surface area contributed by atoms with E-state index in [1.807, 2.05) is 44.2 Å². The summed E-state index contributed by atoms with van der Waals surface area (Å²) in [6.45, 7) is 7.55. The maximum atomic E-state index is 13.7. The third kappa shape index (κ3) is 10.9. The lowest BCUT2D eigenvalue weighted by atomic mass is 9.61. The number of hydrogen-bond acceptors (Lipinski definition) is 7. The molecule has 0 spiro atoms. The quantitative estimate of drug-likeness (QED) is 0.199. The summed E-state index contributed by atoms with van der Waals surface area (Å²) in [5.41, 5.74) is 4.06.